The quantitative estimate of drug-likeness (QED) is 0.247. The Labute approximate surface area is 150 Å². The van der Waals surface area contributed by atoms with Crippen molar-refractivity contribution < 1.29 is 13.9 Å². The van der Waals surface area contributed by atoms with E-state index in [1.807, 2.05) is 19.1 Å². The van der Waals surface area contributed by atoms with Crippen molar-refractivity contribution in [2.24, 2.45) is 4.99 Å². The lowest BCUT2D eigenvalue weighted by Gasteiger charge is -2.11. The molecule has 2 N–H and O–H groups in total. The number of rotatable bonds is 11. The number of furan rings is 1. The third-order valence-electron chi connectivity index (χ3n) is 2.77. The predicted octanol–water partition coefficient (Wildman–Crippen LogP) is 2.40. The molecule has 0 aromatic carbocycles. The molecule has 0 aliphatic rings. The van der Waals surface area contributed by atoms with Crippen LogP contribution in [0.3, 0.4) is 0 Å². The molecule has 1 aromatic heterocycles. The first kappa shape index (κ1) is 21.2. The van der Waals surface area contributed by atoms with Crippen LogP contribution in [0.4, 0.5) is 0 Å². The van der Waals surface area contributed by atoms with Crippen LogP contribution in [0.5, 0.6) is 0 Å². The van der Waals surface area contributed by atoms with E-state index in [0.29, 0.717) is 13.2 Å². The van der Waals surface area contributed by atoms with Gasteiger partial charge in [-0.2, -0.15) is 0 Å². The Kier molecular flexibility index (Phi) is 14.6. The van der Waals surface area contributed by atoms with Gasteiger partial charge in [-0.05, 0) is 31.9 Å². The van der Waals surface area contributed by atoms with Crippen LogP contribution in [0, 0.1) is 0 Å². The van der Waals surface area contributed by atoms with Crippen LogP contribution in [0.1, 0.15) is 25.5 Å². The van der Waals surface area contributed by atoms with Crippen LogP contribution in [0.2, 0.25) is 0 Å². The summed E-state index contributed by atoms with van der Waals surface area (Å²) in [6, 6.07) is 3.77. The zero-order valence-electron chi connectivity index (χ0n) is 13.5. The second-order valence-electron chi connectivity index (χ2n) is 4.46. The third-order valence-corrected chi connectivity index (χ3v) is 2.77. The van der Waals surface area contributed by atoms with Crippen molar-refractivity contribution in [2.75, 3.05) is 40.0 Å². The molecule has 0 fully saturated rings. The minimum Gasteiger partial charge on any atom is -0.467 e. The fourth-order valence-electron chi connectivity index (χ4n) is 1.69. The fourth-order valence-corrected chi connectivity index (χ4v) is 1.69. The maximum absolute atomic E-state index is 5.51. The normalized spacial score (nSPS) is 11.1. The second kappa shape index (κ2) is 15.1. The van der Waals surface area contributed by atoms with Gasteiger partial charge in [0.05, 0.1) is 6.26 Å². The molecule has 0 saturated heterocycles. The summed E-state index contributed by atoms with van der Waals surface area (Å²) in [7, 11) is 1.77. The average Bonchev–Trinajstić information content (AvgIpc) is 3.01. The molecule has 1 aromatic rings. The molecule has 7 heteroatoms. The van der Waals surface area contributed by atoms with Gasteiger partial charge < -0.3 is 24.5 Å². The molecule has 128 valence electrons. The van der Waals surface area contributed by atoms with Crippen LogP contribution >= 0.6 is 24.0 Å². The molecule has 22 heavy (non-hydrogen) atoms. The molecular formula is C15H28IN3O3. The van der Waals surface area contributed by atoms with E-state index in [1.54, 1.807) is 13.3 Å². The van der Waals surface area contributed by atoms with E-state index in [4.69, 9.17) is 13.9 Å². The maximum atomic E-state index is 5.51. The van der Waals surface area contributed by atoms with Crippen LogP contribution in [0.25, 0.3) is 0 Å². The van der Waals surface area contributed by atoms with Crippen molar-refractivity contribution >= 4 is 29.9 Å². The summed E-state index contributed by atoms with van der Waals surface area (Å²) in [6.45, 7) is 6.44. The molecule has 0 atom stereocenters. The molecule has 0 spiro atoms. The van der Waals surface area contributed by atoms with Gasteiger partial charge in [0.15, 0.2) is 5.96 Å². The van der Waals surface area contributed by atoms with Gasteiger partial charge in [0.1, 0.15) is 12.4 Å². The van der Waals surface area contributed by atoms with E-state index in [1.165, 1.54) is 0 Å². The van der Waals surface area contributed by atoms with E-state index < -0.39 is 0 Å². The molecule has 0 amide bonds. The van der Waals surface area contributed by atoms with Crippen molar-refractivity contribution in [1.82, 2.24) is 10.6 Å². The van der Waals surface area contributed by atoms with Gasteiger partial charge in [-0.1, -0.05) is 0 Å². The standard InChI is InChI=1S/C15H27N3O3.HI/c1-3-19-10-5-8-17-15(16-2)18-9-6-11-20-13-14-7-4-12-21-14;/h4,7,12H,3,5-6,8-11,13H2,1-2H3,(H2,16,17,18);1H. The summed E-state index contributed by atoms with van der Waals surface area (Å²) in [6.07, 6.45) is 3.54. The van der Waals surface area contributed by atoms with Crippen molar-refractivity contribution in [3.63, 3.8) is 0 Å². The summed E-state index contributed by atoms with van der Waals surface area (Å²) >= 11 is 0. The highest BCUT2D eigenvalue weighted by molar-refractivity contribution is 14.0. The zero-order chi connectivity index (χ0) is 15.2. The molecule has 0 saturated carbocycles. The Balaban J connectivity index is 0.00000441. The Morgan fingerprint density at radius 3 is 2.41 bits per heavy atom. The van der Waals surface area contributed by atoms with E-state index >= 15 is 0 Å². The van der Waals surface area contributed by atoms with Gasteiger partial charge in [-0.3, -0.25) is 4.99 Å². The molecule has 0 bridgehead atoms. The van der Waals surface area contributed by atoms with Crippen molar-refractivity contribution in [1.29, 1.82) is 0 Å². The zero-order valence-corrected chi connectivity index (χ0v) is 15.8. The van der Waals surface area contributed by atoms with E-state index in [0.717, 1.165) is 50.9 Å². The Morgan fingerprint density at radius 2 is 1.86 bits per heavy atom. The van der Waals surface area contributed by atoms with E-state index in [-0.39, 0.29) is 24.0 Å². The van der Waals surface area contributed by atoms with E-state index in [9.17, 15) is 0 Å². The summed E-state index contributed by atoms with van der Waals surface area (Å²) < 4.78 is 16.0. The van der Waals surface area contributed by atoms with Crippen molar-refractivity contribution in [3.8, 4) is 0 Å². The number of halogens is 1. The van der Waals surface area contributed by atoms with Crippen LogP contribution in [-0.2, 0) is 16.1 Å². The molecule has 6 nitrogen and oxygen atoms in total. The number of hydrogen-bond acceptors (Lipinski definition) is 4. The van der Waals surface area contributed by atoms with Crippen LogP contribution in [-0.4, -0.2) is 45.9 Å². The van der Waals surface area contributed by atoms with E-state index in [2.05, 4.69) is 15.6 Å². The Hall–Kier alpha value is -0.800. The lowest BCUT2D eigenvalue weighted by atomic mass is 10.4. The topological polar surface area (TPSA) is 68.0 Å². The first-order chi connectivity index (χ1) is 10.4. The van der Waals surface area contributed by atoms with Gasteiger partial charge >= 0.3 is 0 Å². The first-order valence-electron chi connectivity index (χ1n) is 7.49. The maximum Gasteiger partial charge on any atom is 0.190 e. The Bertz CT molecular complexity index is 372. The van der Waals surface area contributed by atoms with Gasteiger partial charge in [0.25, 0.3) is 0 Å². The summed E-state index contributed by atoms with van der Waals surface area (Å²) in [5.74, 6) is 1.67. The monoisotopic (exact) mass is 425 g/mol. The van der Waals surface area contributed by atoms with Crippen molar-refractivity contribution in [2.45, 2.75) is 26.4 Å². The number of nitrogens with zero attached hydrogens (tertiary/aromatic N) is 1. The first-order valence-corrected chi connectivity index (χ1v) is 7.49. The molecule has 1 rings (SSSR count). The number of nitrogens with one attached hydrogen (secondary N) is 2. The lowest BCUT2D eigenvalue weighted by molar-refractivity contribution is 0.105. The third kappa shape index (κ3) is 10.9. The number of hydrogen-bond donors (Lipinski definition) is 2. The smallest absolute Gasteiger partial charge is 0.190 e. The Morgan fingerprint density at radius 1 is 1.18 bits per heavy atom. The number of ether oxygens (including phenoxy) is 2. The van der Waals surface area contributed by atoms with Gasteiger partial charge in [-0.25, -0.2) is 0 Å². The average molecular weight is 425 g/mol. The minimum atomic E-state index is 0. The molecular weight excluding hydrogens is 397 g/mol. The van der Waals surface area contributed by atoms with Gasteiger partial charge in [0, 0.05) is 40.0 Å². The highest BCUT2D eigenvalue weighted by Gasteiger charge is 1.98. The van der Waals surface area contributed by atoms with Crippen molar-refractivity contribution in [3.05, 3.63) is 24.2 Å². The molecule has 0 unspecified atom stereocenters. The SMILES string of the molecule is CCOCCCNC(=NC)NCCCOCc1ccco1.I. The summed E-state index contributed by atoms with van der Waals surface area (Å²) in [5, 5.41) is 6.49. The largest absolute Gasteiger partial charge is 0.467 e. The van der Waals surface area contributed by atoms with Gasteiger partial charge in [0.2, 0.25) is 0 Å². The summed E-state index contributed by atoms with van der Waals surface area (Å²) in [4.78, 5) is 4.16. The number of guanidine groups is 1. The highest BCUT2D eigenvalue weighted by atomic mass is 127. The molecule has 0 aliphatic heterocycles. The lowest BCUT2D eigenvalue weighted by Crippen LogP contribution is -2.38. The highest BCUT2D eigenvalue weighted by Crippen LogP contribution is 2.01. The van der Waals surface area contributed by atoms with Crippen LogP contribution < -0.4 is 10.6 Å². The van der Waals surface area contributed by atoms with Gasteiger partial charge in [-0.15, -0.1) is 24.0 Å². The fraction of sp³-hybridized carbons (Fsp3) is 0.667. The minimum absolute atomic E-state index is 0. The number of aliphatic imine (C=N–C) groups is 1. The molecule has 0 aliphatic carbocycles. The molecule has 0 radical (unpaired) electrons. The molecule has 1 heterocycles. The summed E-state index contributed by atoms with van der Waals surface area (Å²) in [5.41, 5.74) is 0. The van der Waals surface area contributed by atoms with Crippen LogP contribution in [0.15, 0.2) is 27.8 Å². The second-order valence-corrected chi connectivity index (χ2v) is 4.46. The predicted molar refractivity (Wildman–Crippen MR) is 98.9 cm³/mol.